The largest absolute Gasteiger partial charge is 0.497 e. The maximum Gasteiger partial charge on any atom is 0.341 e. The number of halogens is 2. The molecule has 1 N–H and O–H groups in total. The molecule has 0 aliphatic heterocycles. The normalized spacial score (nSPS) is 11.5. The zero-order valence-electron chi connectivity index (χ0n) is 13.0. The van der Waals surface area contributed by atoms with Gasteiger partial charge in [-0.05, 0) is 31.2 Å². The van der Waals surface area contributed by atoms with Crippen molar-refractivity contribution in [2.24, 2.45) is 0 Å². The first-order valence-electron chi connectivity index (χ1n) is 7.02. The number of benzene rings is 2. The number of nitrogens with one attached hydrogen (secondary N) is 1. The number of carbonyl (C=O) groups is 2. The number of hydrogen-bond donors (Lipinski definition) is 1. The van der Waals surface area contributed by atoms with Gasteiger partial charge in [0.1, 0.15) is 5.75 Å². The molecule has 0 fully saturated rings. The topological polar surface area (TPSA) is 64.6 Å². The molecular weight excluding hydrogens is 353 g/mol. The highest BCUT2D eigenvalue weighted by molar-refractivity contribution is 6.39. The van der Waals surface area contributed by atoms with Crippen LogP contribution in [0.1, 0.15) is 17.3 Å². The number of rotatable bonds is 5. The lowest BCUT2D eigenvalue weighted by Crippen LogP contribution is -2.30. The summed E-state index contributed by atoms with van der Waals surface area (Å²) in [5.74, 6) is -0.654. The summed E-state index contributed by atoms with van der Waals surface area (Å²) in [6, 6.07) is 11.5. The zero-order chi connectivity index (χ0) is 17.7. The van der Waals surface area contributed by atoms with Gasteiger partial charge in [-0.3, -0.25) is 4.79 Å². The van der Waals surface area contributed by atoms with Crippen molar-refractivity contribution in [2.45, 2.75) is 13.0 Å². The molecule has 0 spiro atoms. The number of methoxy groups -OCH3 is 1. The van der Waals surface area contributed by atoms with E-state index in [4.69, 9.17) is 32.7 Å². The molecule has 126 valence electrons. The van der Waals surface area contributed by atoms with Gasteiger partial charge >= 0.3 is 5.97 Å². The predicted molar refractivity (Wildman–Crippen MR) is 93.0 cm³/mol. The summed E-state index contributed by atoms with van der Waals surface area (Å²) in [4.78, 5) is 24.3. The van der Waals surface area contributed by atoms with Gasteiger partial charge in [-0.25, -0.2) is 4.79 Å². The Morgan fingerprint density at radius 2 is 1.71 bits per heavy atom. The lowest BCUT2D eigenvalue weighted by molar-refractivity contribution is -0.123. The van der Waals surface area contributed by atoms with Gasteiger partial charge in [0.15, 0.2) is 6.10 Å². The summed E-state index contributed by atoms with van der Waals surface area (Å²) < 4.78 is 10.2. The monoisotopic (exact) mass is 367 g/mol. The first-order valence-corrected chi connectivity index (χ1v) is 7.78. The second-order valence-corrected chi connectivity index (χ2v) is 5.68. The molecule has 0 aliphatic carbocycles. The van der Waals surface area contributed by atoms with Gasteiger partial charge in [-0.15, -0.1) is 0 Å². The highest BCUT2D eigenvalue weighted by Crippen LogP contribution is 2.25. The molecule has 0 unspecified atom stereocenters. The standard InChI is InChI=1S/C17H15Cl2NO4/c1-10(16(21)20-11-5-3-6-12(9-11)23-2)24-17(22)15-13(18)7-4-8-14(15)19/h3-10H,1-2H3,(H,20,21)/t10-/m0/s1. The van der Waals surface area contributed by atoms with E-state index in [2.05, 4.69) is 5.32 Å². The van der Waals surface area contributed by atoms with Crippen LogP contribution in [0.15, 0.2) is 42.5 Å². The van der Waals surface area contributed by atoms with Crippen molar-refractivity contribution in [3.05, 3.63) is 58.1 Å². The summed E-state index contributed by atoms with van der Waals surface area (Å²) >= 11 is 11.9. The molecule has 0 heterocycles. The van der Waals surface area contributed by atoms with E-state index in [0.29, 0.717) is 11.4 Å². The average molecular weight is 368 g/mol. The molecule has 0 bridgehead atoms. The Bertz CT molecular complexity index is 744. The molecule has 0 radical (unpaired) electrons. The van der Waals surface area contributed by atoms with Crippen molar-refractivity contribution in [1.82, 2.24) is 0 Å². The Hall–Kier alpha value is -2.24. The van der Waals surface area contributed by atoms with Gasteiger partial charge in [0.2, 0.25) is 0 Å². The van der Waals surface area contributed by atoms with Gasteiger partial charge in [0.25, 0.3) is 5.91 Å². The molecule has 2 rings (SSSR count). The molecule has 2 aromatic rings. The van der Waals surface area contributed by atoms with Gasteiger partial charge < -0.3 is 14.8 Å². The Morgan fingerprint density at radius 1 is 1.08 bits per heavy atom. The van der Waals surface area contributed by atoms with Crippen LogP contribution in [0, 0.1) is 0 Å². The van der Waals surface area contributed by atoms with E-state index in [1.165, 1.54) is 26.2 Å². The van der Waals surface area contributed by atoms with Crippen LogP contribution < -0.4 is 10.1 Å². The fraction of sp³-hybridized carbons (Fsp3) is 0.176. The molecule has 5 nitrogen and oxygen atoms in total. The fourth-order valence-electron chi connectivity index (χ4n) is 1.91. The van der Waals surface area contributed by atoms with Crippen LogP contribution in [0.25, 0.3) is 0 Å². The molecule has 0 saturated heterocycles. The van der Waals surface area contributed by atoms with E-state index in [-0.39, 0.29) is 15.6 Å². The highest BCUT2D eigenvalue weighted by Gasteiger charge is 2.22. The number of hydrogen-bond acceptors (Lipinski definition) is 4. The van der Waals surface area contributed by atoms with Crippen LogP contribution in [-0.4, -0.2) is 25.1 Å². The molecule has 0 aliphatic rings. The molecule has 0 aromatic heterocycles. The summed E-state index contributed by atoms with van der Waals surface area (Å²) in [5, 5.41) is 2.96. The van der Waals surface area contributed by atoms with Crippen molar-refractivity contribution >= 4 is 40.8 Å². The van der Waals surface area contributed by atoms with Crippen LogP contribution in [0.2, 0.25) is 10.0 Å². The minimum Gasteiger partial charge on any atom is -0.497 e. The highest BCUT2D eigenvalue weighted by atomic mass is 35.5. The third-order valence-corrected chi connectivity index (χ3v) is 3.79. The van der Waals surface area contributed by atoms with Crippen molar-refractivity contribution in [3.63, 3.8) is 0 Å². The number of carbonyl (C=O) groups excluding carboxylic acids is 2. The third kappa shape index (κ3) is 4.40. The van der Waals surface area contributed by atoms with E-state index in [1.54, 1.807) is 30.3 Å². The maximum atomic E-state index is 12.2. The first-order chi connectivity index (χ1) is 11.4. The Labute approximate surface area is 149 Å². The van der Waals surface area contributed by atoms with Crippen LogP contribution in [0.3, 0.4) is 0 Å². The summed E-state index contributed by atoms with van der Waals surface area (Å²) in [6.45, 7) is 1.46. The van der Waals surface area contributed by atoms with E-state index < -0.39 is 18.0 Å². The quantitative estimate of drug-likeness (QED) is 0.804. The summed E-state index contributed by atoms with van der Waals surface area (Å²) in [6.07, 6.45) is -1.03. The van der Waals surface area contributed by atoms with Crippen LogP contribution in [0.4, 0.5) is 5.69 Å². The van der Waals surface area contributed by atoms with E-state index in [1.807, 2.05) is 0 Å². The van der Waals surface area contributed by atoms with Crippen LogP contribution >= 0.6 is 23.2 Å². The van der Waals surface area contributed by atoms with Crippen molar-refractivity contribution in [2.75, 3.05) is 12.4 Å². The first kappa shape index (κ1) is 18.1. The number of amides is 1. The molecule has 1 amide bonds. The predicted octanol–water partition coefficient (Wildman–Crippen LogP) is 4.19. The van der Waals surface area contributed by atoms with Gasteiger partial charge in [0.05, 0.1) is 22.7 Å². The minimum atomic E-state index is -1.03. The second-order valence-electron chi connectivity index (χ2n) is 4.87. The maximum absolute atomic E-state index is 12.2. The molecule has 24 heavy (non-hydrogen) atoms. The van der Waals surface area contributed by atoms with E-state index in [0.717, 1.165) is 0 Å². The van der Waals surface area contributed by atoms with E-state index >= 15 is 0 Å². The summed E-state index contributed by atoms with van der Waals surface area (Å²) in [7, 11) is 1.53. The Kier molecular flexibility index (Phi) is 6.06. The molecule has 2 aromatic carbocycles. The average Bonchev–Trinajstić information content (AvgIpc) is 2.54. The van der Waals surface area contributed by atoms with Gasteiger partial charge in [-0.2, -0.15) is 0 Å². The zero-order valence-corrected chi connectivity index (χ0v) is 14.5. The van der Waals surface area contributed by atoms with Crippen LogP contribution in [0.5, 0.6) is 5.75 Å². The van der Waals surface area contributed by atoms with Gasteiger partial charge in [0, 0.05) is 11.8 Å². The van der Waals surface area contributed by atoms with Gasteiger partial charge in [-0.1, -0.05) is 35.3 Å². The smallest absolute Gasteiger partial charge is 0.341 e. The van der Waals surface area contributed by atoms with E-state index in [9.17, 15) is 9.59 Å². The number of esters is 1. The minimum absolute atomic E-state index is 0.0295. The lowest BCUT2D eigenvalue weighted by atomic mass is 10.2. The Morgan fingerprint density at radius 3 is 2.33 bits per heavy atom. The number of anilines is 1. The van der Waals surface area contributed by atoms with Crippen molar-refractivity contribution < 1.29 is 19.1 Å². The molecular formula is C17H15Cl2NO4. The Balaban J connectivity index is 2.04. The fourth-order valence-corrected chi connectivity index (χ4v) is 2.46. The summed E-state index contributed by atoms with van der Waals surface area (Å²) in [5.41, 5.74) is 0.555. The van der Waals surface area contributed by atoms with Crippen LogP contribution in [-0.2, 0) is 9.53 Å². The molecule has 7 heteroatoms. The SMILES string of the molecule is COc1cccc(NC(=O)[C@H](C)OC(=O)c2c(Cl)cccc2Cl)c1. The molecule has 0 saturated carbocycles. The number of ether oxygens (including phenoxy) is 2. The second kappa shape index (κ2) is 8.04. The third-order valence-electron chi connectivity index (χ3n) is 3.16. The van der Waals surface area contributed by atoms with Crippen molar-refractivity contribution in [1.29, 1.82) is 0 Å². The van der Waals surface area contributed by atoms with Crippen molar-refractivity contribution in [3.8, 4) is 5.75 Å². The molecule has 1 atom stereocenters. The lowest BCUT2D eigenvalue weighted by Gasteiger charge is -2.15.